The van der Waals surface area contributed by atoms with Crippen LogP contribution in [0.5, 0.6) is 0 Å². The van der Waals surface area contributed by atoms with Crippen LogP contribution in [0.4, 0.5) is 0 Å². The number of hydrogen-bond acceptors (Lipinski definition) is 1. The Balaban J connectivity index is 1.82. The molecule has 2 nitrogen and oxygen atoms in total. The predicted octanol–water partition coefficient (Wildman–Crippen LogP) is 4.36. The van der Waals surface area contributed by atoms with Crippen molar-refractivity contribution in [1.29, 1.82) is 0 Å². The van der Waals surface area contributed by atoms with Crippen LogP contribution in [0, 0.1) is 5.92 Å². The van der Waals surface area contributed by atoms with E-state index in [4.69, 9.17) is 11.6 Å². The summed E-state index contributed by atoms with van der Waals surface area (Å²) in [5, 5.41) is 3.94. The van der Waals surface area contributed by atoms with Crippen molar-refractivity contribution in [2.45, 2.75) is 57.9 Å². The summed E-state index contributed by atoms with van der Waals surface area (Å²) in [5.74, 6) is 0.824. The maximum Gasteiger partial charge on any atom is 0.224 e. The topological polar surface area (TPSA) is 29.1 Å². The van der Waals surface area contributed by atoms with E-state index in [0.717, 1.165) is 12.0 Å². The molecular weight excluding hydrogens is 270 g/mol. The van der Waals surface area contributed by atoms with E-state index in [0.29, 0.717) is 23.4 Å². The van der Waals surface area contributed by atoms with Crippen molar-refractivity contribution in [2.75, 3.05) is 0 Å². The van der Waals surface area contributed by atoms with Gasteiger partial charge in [0.15, 0.2) is 0 Å². The molecule has 3 heteroatoms. The van der Waals surface area contributed by atoms with Crippen LogP contribution in [0.1, 0.15) is 51.0 Å². The second-order valence-corrected chi connectivity index (χ2v) is 6.25. The lowest BCUT2D eigenvalue weighted by molar-refractivity contribution is -0.121. The SMILES string of the molecule is CCCCC1CCCC1NC(=O)Cc1ccc(Cl)cc1. The zero-order chi connectivity index (χ0) is 14.4. The molecular formula is C17H24ClNO. The minimum absolute atomic E-state index is 0.140. The van der Waals surface area contributed by atoms with Gasteiger partial charge in [0.2, 0.25) is 5.91 Å². The molecule has 0 aromatic heterocycles. The van der Waals surface area contributed by atoms with E-state index in [1.807, 2.05) is 24.3 Å². The summed E-state index contributed by atoms with van der Waals surface area (Å²) in [7, 11) is 0. The van der Waals surface area contributed by atoms with Gasteiger partial charge in [0, 0.05) is 11.1 Å². The molecule has 1 aliphatic rings. The fourth-order valence-electron chi connectivity index (χ4n) is 3.08. The first kappa shape index (κ1) is 15.4. The van der Waals surface area contributed by atoms with Crippen LogP contribution in [-0.2, 0) is 11.2 Å². The van der Waals surface area contributed by atoms with Crippen LogP contribution in [0.2, 0.25) is 5.02 Å². The minimum atomic E-state index is 0.140. The largest absolute Gasteiger partial charge is 0.353 e. The van der Waals surface area contributed by atoms with Crippen molar-refractivity contribution in [3.63, 3.8) is 0 Å². The summed E-state index contributed by atoms with van der Waals surface area (Å²) in [6, 6.07) is 7.91. The van der Waals surface area contributed by atoms with Gasteiger partial charge in [0.05, 0.1) is 6.42 Å². The van der Waals surface area contributed by atoms with Gasteiger partial charge in [-0.2, -0.15) is 0 Å². The number of hydrogen-bond donors (Lipinski definition) is 1. The first-order valence-electron chi connectivity index (χ1n) is 7.73. The third-order valence-electron chi connectivity index (χ3n) is 4.21. The van der Waals surface area contributed by atoms with Crippen molar-refractivity contribution < 1.29 is 4.79 Å². The second-order valence-electron chi connectivity index (χ2n) is 5.81. The highest BCUT2D eigenvalue weighted by Gasteiger charge is 2.27. The van der Waals surface area contributed by atoms with Gasteiger partial charge in [-0.15, -0.1) is 0 Å². The third kappa shape index (κ3) is 4.52. The highest BCUT2D eigenvalue weighted by atomic mass is 35.5. The summed E-state index contributed by atoms with van der Waals surface area (Å²) in [5.41, 5.74) is 1.02. The van der Waals surface area contributed by atoms with Crippen molar-refractivity contribution in [2.24, 2.45) is 5.92 Å². The molecule has 2 rings (SSSR count). The molecule has 0 heterocycles. The van der Waals surface area contributed by atoms with Crippen LogP contribution >= 0.6 is 11.6 Å². The van der Waals surface area contributed by atoms with Crippen LogP contribution in [0.15, 0.2) is 24.3 Å². The average Bonchev–Trinajstić information content (AvgIpc) is 2.86. The van der Waals surface area contributed by atoms with Gasteiger partial charge in [-0.1, -0.05) is 49.9 Å². The summed E-state index contributed by atoms with van der Waals surface area (Å²) in [6.45, 7) is 2.23. The number of rotatable bonds is 6. The molecule has 2 atom stereocenters. The second kappa shape index (κ2) is 7.68. The van der Waals surface area contributed by atoms with E-state index in [-0.39, 0.29) is 5.91 Å². The molecule has 2 unspecified atom stereocenters. The van der Waals surface area contributed by atoms with E-state index >= 15 is 0 Å². The highest BCUT2D eigenvalue weighted by molar-refractivity contribution is 6.30. The number of benzene rings is 1. The standard InChI is InChI=1S/C17H24ClNO/c1-2-3-5-14-6-4-7-16(14)19-17(20)12-13-8-10-15(18)11-9-13/h8-11,14,16H,2-7,12H2,1H3,(H,19,20). The molecule has 1 aromatic carbocycles. The van der Waals surface area contributed by atoms with Crippen molar-refractivity contribution in [3.8, 4) is 0 Å². The number of carbonyl (C=O) groups is 1. The summed E-state index contributed by atoms with van der Waals surface area (Å²) >= 11 is 5.85. The Hall–Kier alpha value is -1.02. The van der Waals surface area contributed by atoms with E-state index < -0.39 is 0 Å². The van der Waals surface area contributed by atoms with E-state index in [1.54, 1.807) is 0 Å². The molecule has 0 radical (unpaired) electrons. The molecule has 110 valence electrons. The average molecular weight is 294 g/mol. The molecule has 0 saturated heterocycles. The zero-order valence-electron chi connectivity index (χ0n) is 12.2. The van der Waals surface area contributed by atoms with Crippen molar-refractivity contribution in [1.82, 2.24) is 5.32 Å². The Morgan fingerprint density at radius 1 is 1.30 bits per heavy atom. The molecule has 1 N–H and O–H groups in total. The van der Waals surface area contributed by atoms with Crippen LogP contribution in [0.3, 0.4) is 0 Å². The molecule has 1 aliphatic carbocycles. The number of amides is 1. The molecule has 0 aliphatic heterocycles. The maximum absolute atomic E-state index is 12.1. The van der Waals surface area contributed by atoms with Gasteiger partial charge in [0.25, 0.3) is 0 Å². The first-order valence-corrected chi connectivity index (χ1v) is 8.10. The molecule has 20 heavy (non-hydrogen) atoms. The molecule has 0 bridgehead atoms. The van der Waals surface area contributed by atoms with Gasteiger partial charge >= 0.3 is 0 Å². The summed E-state index contributed by atoms with van der Waals surface area (Å²) in [6.07, 6.45) is 7.87. The van der Waals surface area contributed by atoms with E-state index in [9.17, 15) is 4.79 Å². The third-order valence-corrected chi connectivity index (χ3v) is 4.46. The predicted molar refractivity (Wildman–Crippen MR) is 84.0 cm³/mol. The Morgan fingerprint density at radius 2 is 2.05 bits per heavy atom. The lowest BCUT2D eigenvalue weighted by atomic mass is 9.96. The molecule has 1 fully saturated rings. The lowest BCUT2D eigenvalue weighted by Gasteiger charge is -2.21. The van der Waals surface area contributed by atoms with Crippen LogP contribution in [-0.4, -0.2) is 11.9 Å². The number of carbonyl (C=O) groups excluding carboxylic acids is 1. The fraction of sp³-hybridized carbons (Fsp3) is 0.588. The summed E-state index contributed by atoms with van der Waals surface area (Å²) in [4.78, 5) is 12.1. The lowest BCUT2D eigenvalue weighted by Crippen LogP contribution is -2.38. The van der Waals surface area contributed by atoms with Gasteiger partial charge in [-0.05, 0) is 42.9 Å². The quantitative estimate of drug-likeness (QED) is 0.829. The molecule has 0 spiro atoms. The fourth-order valence-corrected chi connectivity index (χ4v) is 3.21. The van der Waals surface area contributed by atoms with Crippen LogP contribution in [0.25, 0.3) is 0 Å². The molecule has 1 amide bonds. The number of halogens is 1. The van der Waals surface area contributed by atoms with E-state index in [1.165, 1.54) is 32.1 Å². The van der Waals surface area contributed by atoms with E-state index in [2.05, 4.69) is 12.2 Å². The van der Waals surface area contributed by atoms with Gasteiger partial charge in [0.1, 0.15) is 0 Å². The van der Waals surface area contributed by atoms with Gasteiger partial charge in [-0.3, -0.25) is 4.79 Å². The van der Waals surface area contributed by atoms with Gasteiger partial charge in [-0.25, -0.2) is 0 Å². The Morgan fingerprint density at radius 3 is 2.75 bits per heavy atom. The minimum Gasteiger partial charge on any atom is -0.353 e. The summed E-state index contributed by atoms with van der Waals surface area (Å²) < 4.78 is 0. The molecule has 1 saturated carbocycles. The normalized spacial score (nSPS) is 21.9. The smallest absolute Gasteiger partial charge is 0.224 e. The Kier molecular flexibility index (Phi) is 5.90. The first-order chi connectivity index (χ1) is 9.69. The van der Waals surface area contributed by atoms with Gasteiger partial charge < -0.3 is 5.32 Å². The zero-order valence-corrected chi connectivity index (χ0v) is 13.0. The number of unbranched alkanes of at least 4 members (excludes halogenated alkanes) is 1. The Bertz CT molecular complexity index is 429. The van der Waals surface area contributed by atoms with Crippen molar-refractivity contribution >= 4 is 17.5 Å². The van der Waals surface area contributed by atoms with Crippen LogP contribution < -0.4 is 5.32 Å². The number of nitrogens with one attached hydrogen (secondary N) is 1. The highest BCUT2D eigenvalue weighted by Crippen LogP contribution is 2.29. The van der Waals surface area contributed by atoms with Crippen molar-refractivity contribution in [3.05, 3.63) is 34.9 Å². The molecule has 1 aromatic rings. The Labute approximate surface area is 126 Å². The maximum atomic E-state index is 12.1. The monoisotopic (exact) mass is 293 g/mol.